The van der Waals surface area contributed by atoms with Gasteiger partial charge < -0.3 is 15.9 Å². The lowest BCUT2D eigenvalue weighted by atomic mass is 10.2. The Morgan fingerprint density at radius 2 is 2.35 bits per heavy atom. The monoisotopic (exact) mass is 261 g/mol. The van der Waals surface area contributed by atoms with Crippen LogP contribution in [-0.4, -0.2) is 36.0 Å². The van der Waals surface area contributed by atoms with Crippen LogP contribution >= 0.6 is 0 Å². The molecule has 5 N–H and O–H groups in total. The maximum absolute atomic E-state index is 11.6. The molecule has 0 aliphatic carbocycles. The molecule has 0 aliphatic rings. The van der Waals surface area contributed by atoms with Gasteiger partial charge in [0.15, 0.2) is 5.03 Å². The molecule has 9 heteroatoms. The molecule has 1 heterocycles. The first kappa shape index (κ1) is 13.5. The van der Waals surface area contributed by atoms with Gasteiger partial charge >= 0.3 is 0 Å². The zero-order chi connectivity index (χ0) is 12.7. The average Bonchev–Trinajstić information content (AvgIpc) is 2.82. The second-order valence-corrected chi connectivity index (χ2v) is 5.10. The lowest BCUT2D eigenvalue weighted by molar-refractivity contribution is 0.316. The van der Waals surface area contributed by atoms with Crippen LogP contribution in [0.5, 0.6) is 0 Å². The Kier molecular flexibility index (Phi) is 4.91. The molecule has 0 fully saturated rings. The average molecular weight is 261 g/mol. The fraction of sp³-hybridized carbons (Fsp3) is 0.500. The van der Waals surface area contributed by atoms with Gasteiger partial charge in [0.05, 0.1) is 12.5 Å². The number of hydrogen-bond acceptors (Lipinski definition) is 5. The summed E-state index contributed by atoms with van der Waals surface area (Å²) < 4.78 is 25.6. The normalized spacial score (nSPS) is 12.8. The number of amidine groups is 1. The molecule has 96 valence electrons. The van der Waals surface area contributed by atoms with E-state index >= 15 is 0 Å². The molecular weight excluding hydrogens is 246 g/mol. The summed E-state index contributed by atoms with van der Waals surface area (Å²) in [5, 5.41) is 11.1. The summed E-state index contributed by atoms with van der Waals surface area (Å²) in [4.78, 5) is 6.14. The minimum atomic E-state index is -3.50. The molecule has 0 unspecified atom stereocenters. The Morgan fingerprint density at radius 1 is 1.59 bits per heavy atom. The van der Waals surface area contributed by atoms with E-state index in [4.69, 9.17) is 10.9 Å². The first-order valence-electron chi connectivity index (χ1n) is 5.00. The Bertz CT molecular complexity index is 454. The Hall–Kier alpha value is -1.61. The molecular formula is C8H15N5O3S. The van der Waals surface area contributed by atoms with Gasteiger partial charge in [-0.05, 0) is 12.8 Å². The molecule has 0 saturated carbocycles. The van der Waals surface area contributed by atoms with E-state index in [-0.39, 0.29) is 10.9 Å². The lowest BCUT2D eigenvalue weighted by Gasteiger charge is -2.04. The van der Waals surface area contributed by atoms with E-state index in [1.54, 1.807) is 0 Å². The van der Waals surface area contributed by atoms with Gasteiger partial charge in [0.2, 0.25) is 0 Å². The van der Waals surface area contributed by atoms with Gasteiger partial charge in [0.1, 0.15) is 5.84 Å². The summed E-state index contributed by atoms with van der Waals surface area (Å²) in [5.41, 5.74) is 5.27. The number of sulfonamides is 1. The van der Waals surface area contributed by atoms with Crippen molar-refractivity contribution in [2.45, 2.75) is 24.3 Å². The number of imidazole rings is 1. The van der Waals surface area contributed by atoms with Gasteiger partial charge in [-0.25, -0.2) is 18.1 Å². The van der Waals surface area contributed by atoms with E-state index in [0.717, 1.165) is 0 Å². The molecule has 0 radical (unpaired) electrons. The summed E-state index contributed by atoms with van der Waals surface area (Å²) in [6.07, 6.45) is 4.21. The molecule has 8 nitrogen and oxygen atoms in total. The van der Waals surface area contributed by atoms with E-state index in [9.17, 15) is 8.42 Å². The molecule has 0 aliphatic heterocycles. The van der Waals surface area contributed by atoms with Crippen LogP contribution in [0.3, 0.4) is 0 Å². The molecule has 1 aromatic rings. The highest BCUT2D eigenvalue weighted by Gasteiger charge is 2.13. The van der Waals surface area contributed by atoms with Crippen LogP contribution in [0, 0.1) is 0 Å². The number of nitrogens with two attached hydrogens (primary N) is 1. The minimum absolute atomic E-state index is 0.0361. The maximum atomic E-state index is 11.6. The van der Waals surface area contributed by atoms with Crippen molar-refractivity contribution in [2.24, 2.45) is 10.9 Å². The number of H-pyrrole nitrogens is 1. The van der Waals surface area contributed by atoms with Crippen molar-refractivity contribution in [2.75, 3.05) is 6.54 Å². The van der Waals surface area contributed by atoms with Crippen molar-refractivity contribution >= 4 is 15.9 Å². The second-order valence-electron chi connectivity index (χ2n) is 3.36. The third-order valence-electron chi connectivity index (χ3n) is 2.04. The second kappa shape index (κ2) is 6.21. The van der Waals surface area contributed by atoms with Crippen molar-refractivity contribution in [3.63, 3.8) is 0 Å². The van der Waals surface area contributed by atoms with Crippen molar-refractivity contribution in [3.05, 3.63) is 12.5 Å². The number of aromatic nitrogens is 2. The molecule has 0 bridgehead atoms. The number of oxime groups is 1. The summed E-state index contributed by atoms with van der Waals surface area (Å²) >= 11 is 0. The van der Waals surface area contributed by atoms with E-state index in [0.29, 0.717) is 25.8 Å². The molecule has 17 heavy (non-hydrogen) atoms. The van der Waals surface area contributed by atoms with E-state index in [1.807, 2.05) is 0 Å². The van der Waals surface area contributed by atoms with Crippen LogP contribution in [0.15, 0.2) is 22.7 Å². The zero-order valence-electron chi connectivity index (χ0n) is 9.13. The summed E-state index contributed by atoms with van der Waals surface area (Å²) in [7, 11) is -3.50. The summed E-state index contributed by atoms with van der Waals surface area (Å²) in [6, 6.07) is 0. The fourth-order valence-corrected chi connectivity index (χ4v) is 2.13. The largest absolute Gasteiger partial charge is 0.409 e. The van der Waals surface area contributed by atoms with Crippen LogP contribution in [0.4, 0.5) is 0 Å². The number of aromatic amines is 1. The highest BCUT2D eigenvalue weighted by Crippen LogP contribution is 2.02. The third kappa shape index (κ3) is 4.41. The molecule has 0 amide bonds. The molecule has 0 spiro atoms. The Morgan fingerprint density at radius 3 is 2.94 bits per heavy atom. The van der Waals surface area contributed by atoms with E-state index in [1.165, 1.54) is 12.5 Å². The van der Waals surface area contributed by atoms with Gasteiger partial charge in [-0.1, -0.05) is 5.16 Å². The predicted octanol–water partition coefficient (Wildman–Crippen LogP) is -0.395. The number of hydrogen-bond donors (Lipinski definition) is 4. The number of unbranched alkanes of at least 4 members (excludes halogenated alkanes) is 1. The molecule has 1 aromatic heterocycles. The van der Waals surface area contributed by atoms with Crippen LogP contribution in [0.25, 0.3) is 0 Å². The van der Waals surface area contributed by atoms with Crippen LogP contribution < -0.4 is 10.5 Å². The zero-order valence-corrected chi connectivity index (χ0v) is 9.94. The van der Waals surface area contributed by atoms with Crippen molar-refractivity contribution in [1.29, 1.82) is 0 Å². The minimum Gasteiger partial charge on any atom is -0.409 e. The van der Waals surface area contributed by atoms with Gasteiger partial charge in [-0.2, -0.15) is 0 Å². The smallest absolute Gasteiger partial charge is 0.257 e. The molecule has 0 aromatic carbocycles. The topological polar surface area (TPSA) is 133 Å². The molecule has 1 rings (SSSR count). The summed E-state index contributed by atoms with van der Waals surface area (Å²) in [5.74, 6) is 0.140. The van der Waals surface area contributed by atoms with Gasteiger partial charge in [-0.3, -0.25) is 0 Å². The Balaban J connectivity index is 2.28. The number of nitrogens with zero attached hydrogens (tertiary/aromatic N) is 2. The van der Waals surface area contributed by atoms with Gasteiger partial charge in [-0.15, -0.1) is 0 Å². The van der Waals surface area contributed by atoms with Crippen LogP contribution in [0.2, 0.25) is 0 Å². The third-order valence-corrected chi connectivity index (χ3v) is 3.43. The number of rotatable bonds is 7. The summed E-state index contributed by atoms with van der Waals surface area (Å²) in [6.45, 7) is 0.292. The highest BCUT2D eigenvalue weighted by molar-refractivity contribution is 7.89. The van der Waals surface area contributed by atoms with Gasteiger partial charge in [0, 0.05) is 13.0 Å². The SMILES string of the molecule is NC(CCCCNS(=O)(=O)c1cnc[nH]1)=NO. The first-order chi connectivity index (χ1) is 8.06. The maximum Gasteiger partial charge on any atom is 0.257 e. The van der Waals surface area contributed by atoms with E-state index < -0.39 is 10.0 Å². The van der Waals surface area contributed by atoms with Crippen LogP contribution in [0.1, 0.15) is 19.3 Å². The van der Waals surface area contributed by atoms with Crippen molar-refractivity contribution in [3.8, 4) is 0 Å². The quantitative estimate of drug-likeness (QED) is 0.174. The van der Waals surface area contributed by atoms with Crippen molar-refractivity contribution < 1.29 is 13.6 Å². The standard InChI is InChI=1S/C8H15N5O3S/c9-7(13-14)3-1-2-4-12-17(15,16)8-5-10-6-11-8/h5-6,12,14H,1-4H2,(H2,9,13)(H,10,11). The van der Waals surface area contributed by atoms with Crippen LogP contribution in [-0.2, 0) is 10.0 Å². The lowest BCUT2D eigenvalue weighted by Crippen LogP contribution is -2.25. The molecule has 0 saturated heterocycles. The molecule has 0 atom stereocenters. The Labute approximate surface area is 99.0 Å². The first-order valence-corrected chi connectivity index (χ1v) is 6.49. The van der Waals surface area contributed by atoms with Crippen molar-refractivity contribution in [1.82, 2.24) is 14.7 Å². The highest BCUT2D eigenvalue weighted by atomic mass is 32.2. The predicted molar refractivity (Wildman–Crippen MR) is 61.0 cm³/mol. The number of nitrogens with one attached hydrogen (secondary N) is 2. The fourth-order valence-electron chi connectivity index (χ4n) is 1.16. The van der Waals surface area contributed by atoms with Gasteiger partial charge in [0.25, 0.3) is 10.0 Å². The van der Waals surface area contributed by atoms with E-state index in [2.05, 4.69) is 19.8 Å².